The molecule has 122 valence electrons. The van der Waals surface area contributed by atoms with Crippen molar-refractivity contribution < 1.29 is 17.9 Å². The lowest BCUT2D eigenvalue weighted by molar-refractivity contribution is 0.0857. The highest BCUT2D eigenvalue weighted by molar-refractivity contribution is 7.89. The second kappa shape index (κ2) is 6.76. The molecule has 0 spiro atoms. The van der Waals surface area contributed by atoms with Gasteiger partial charge in [-0.15, -0.1) is 0 Å². The average Bonchev–Trinajstić information content (AvgIpc) is 3.00. The molecule has 1 aliphatic heterocycles. The Morgan fingerprint density at radius 1 is 1.36 bits per heavy atom. The van der Waals surface area contributed by atoms with Gasteiger partial charge < -0.3 is 10.1 Å². The van der Waals surface area contributed by atoms with Crippen molar-refractivity contribution in [3.63, 3.8) is 0 Å². The maximum atomic E-state index is 12.3. The molecule has 6 nitrogen and oxygen atoms in total. The first-order valence-corrected chi connectivity index (χ1v) is 8.78. The fourth-order valence-electron chi connectivity index (χ4n) is 2.46. The summed E-state index contributed by atoms with van der Waals surface area (Å²) in [7, 11) is -2.24. The Hall–Kier alpha value is -1.44. The first kappa shape index (κ1) is 16.9. The molecular formula is C15H22N2O4S. The van der Waals surface area contributed by atoms with E-state index in [0.717, 1.165) is 25.0 Å². The lowest BCUT2D eigenvalue weighted by atomic mass is 10.1. The van der Waals surface area contributed by atoms with E-state index in [1.165, 1.54) is 13.1 Å². The molecule has 1 unspecified atom stereocenters. The minimum atomic E-state index is -3.59. The van der Waals surface area contributed by atoms with Gasteiger partial charge in [0.15, 0.2) is 0 Å². The first-order valence-electron chi connectivity index (χ1n) is 7.29. The molecule has 1 aliphatic rings. The Kier molecular flexibility index (Phi) is 5.20. The third-order valence-electron chi connectivity index (χ3n) is 3.95. The molecule has 1 aromatic rings. The van der Waals surface area contributed by atoms with Gasteiger partial charge in [-0.3, -0.25) is 4.79 Å². The topological polar surface area (TPSA) is 84.5 Å². The monoisotopic (exact) mass is 326 g/mol. The van der Waals surface area contributed by atoms with E-state index in [4.69, 9.17) is 4.74 Å². The van der Waals surface area contributed by atoms with Gasteiger partial charge in [-0.2, -0.15) is 0 Å². The van der Waals surface area contributed by atoms with Crippen molar-refractivity contribution in [1.29, 1.82) is 0 Å². The zero-order chi connectivity index (χ0) is 16.3. The molecule has 2 rings (SSSR count). The summed E-state index contributed by atoms with van der Waals surface area (Å²) in [5.74, 6) is -0.286. The van der Waals surface area contributed by atoms with Gasteiger partial charge in [0, 0.05) is 18.7 Å². The number of sulfonamides is 1. The minimum absolute atomic E-state index is 0.0519. The molecule has 1 heterocycles. The van der Waals surface area contributed by atoms with E-state index in [1.807, 2.05) is 0 Å². The van der Waals surface area contributed by atoms with E-state index in [9.17, 15) is 13.2 Å². The SMILES string of the molecule is CNS(=O)(=O)c1cc(C(=O)NCC2CCCO2)cc(C)c1C. The molecule has 1 fully saturated rings. The smallest absolute Gasteiger partial charge is 0.251 e. The first-order chi connectivity index (χ1) is 10.3. The summed E-state index contributed by atoms with van der Waals surface area (Å²) in [4.78, 5) is 12.4. The molecule has 1 saturated heterocycles. The van der Waals surface area contributed by atoms with E-state index in [2.05, 4.69) is 10.0 Å². The van der Waals surface area contributed by atoms with Crippen molar-refractivity contribution in [2.45, 2.75) is 37.7 Å². The van der Waals surface area contributed by atoms with E-state index in [0.29, 0.717) is 17.7 Å². The van der Waals surface area contributed by atoms with Gasteiger partial charge in [0.2, 0.25) is 10.0 Å². The second-order valence-corrected chi connectivity index (χ2v) is 7.32. The predicted molar refractivity (Wildman–Crippen MR) is 83.5 cm³/mol. The van der Waals surface area contributed by atoms with E-state index in [1.54, 1.807) is 19.9 Å². The van der Waals surface area contributed by atoms with Crippen molar-refractivity contribution >= 4 is 15.9 Å². The molecule has 1 amide bonds. The normalized spacial score (nSPS) is 18.4. The van der Waals surface area contributed by atoms with E-state index in [-0.39, 0.29) is 16.9 Å². The van der Waals surface area contributed by atoms with Gasteiger partial charge in [-0.05, 0) is 57.0 Å². The third-order valence-corrected chi connectivity index (χ3v) is 5.49. The molecule has 0 bridgehead atoms. The standard InChI is InChI=1S/C15H22N2O4S/c1-10-7-12(8-14(11(10)2)22(19,20)16-3)15(18)17-9-13-5-4-6-21-13/h7-8,13,16H,4-6,9H2,1-3H3,(H,17,18). The van der Waals surface area contributed by atoms with E-state index < -0.39 is 10.0 Å². The fourth-order valence-corrected chi connectivity index (χ4v) is 3.53. The molecule has 1 aromatic carbocycles. The number of rotatable bonds is 5. The van der Waals surface area contributed by atoms with Crippen LogP contribution in [0.5, 0.6) is 0 Å². The molecule has 0 aromatic heterocycles. The van der Waals surface area contributed by atoms with Gasteiger partial charge in [-0.1, -0.05) is 0 Å². The van der Waals surface area contributed by atoms with Crippen LogP contribution in [0.3, 0.4) is 0 Å². The predicted octanol–water partition coefficient (Wildman–Crippen LogP) is 1.12. The van der Waals surface area contributed by atoms with Crippen LogP contribution in [0.25, 0.3) is 0 Å². The molecule has 7 heteroatoms. The van der Waals surface area contributed by atoms with Crippen LogP contribution in [-0.2, 0) is 14.8 Å². The summed E-state index contributed by atoms with van der Waals surface area (Å²) in [6.07, 6.45) is 2.00. The minimum Gasteiger partial charge on any atom is -0.376 e. The lowest BCUT2D eigenvalue weighted by Crippen LogP contribution is -2.32. The number of hydrogen-bond acceptors (Lipinski definition) is 4. The third kappa shape index (κ3) is 3.66. The zero-order valence-corrected chi connectivity index (χ0v) is 13.9. The van der Waals surface area contributed by atoms with Crippen molar-refractivity contribution in [2.75, 3.05) is 20.2 Å². The summed E-state index contributed by atoms with van der Waals surface area (Å²) in [5.41, 5.74) is 1.75. The highest BCUT2D eigenvalue weighted by atomic mass is 32.2. The van der Waals surface area contributed by atoms with Gasteiger partial charge in [0.05, 0.1) is 11.0 Å². The molecule has 0 aliphatic carbocycles. The largest absolute Gasteiger partial charge is 0.376 e. The Balaban J connectivity index is 2.21. The van der Waals surface area contributed by atoms with Crippen molar-refractivity contribution in [3.8, 4) is 0 Å². The highest BCUT2D eigenvalue weighted by Gasteiger charge is 2.21. The van der Waals surface area contributed by atoms with Crippen LogP contribution < -0.4 is 10.0 Å². The van der Waals surface area contributed by atoms with Crippen LogP contribution in [0.1, 0.15) is 34.3 Å². The zero-order valence-electron chi connectivity index (χ0n) is 13.1. The van der Waals surface area contributed by atoms with Crippen LogP contribution in [0.15, 0.2) is 17.0 Å². The highest BCUT2D eigenvalue weighted by Crippen LogP contribution is 2.21. The molecule has 22 heavy (non-hydrogen) atoms. The number of hydrogen-bond donors (Lipinski definition) is 2. The number of aryl methyl sites for hydroxylation is 1. The lowest BCUT2D eigenvalue weighted by Gasteiger charge is -2.14. The van der Waals surface area contributed by atoms with Gasteiger partial charge in [0.25, 0.3) is 5.91 Å². The molecular weight excluding hydrogens is 304 g/mol. The van der Waals surface area contributed by atoms with Crippen molar-refractivity contribution in [1.82, 2.24) is 10.0 Å². The van der Waals surface area contributed by atoms with Crippen molar-refractivity contribution in [2.24, 2.45) is 0 Å². The quantitative estimate of drug-likeness (QED) is 0.849. The summed E-state index contributed by atoms with van der Waals surface area (Å²) >= 11 is 0. The Morgan fingerprint density at radius 2 is 2.09 bits per heavy atom. The summed E-state index contributed by atoms with van der Waals surface area (Å²) in [6.45, 7) is 4.70. The van der Waals surface area contributed by atoms with Crippen LogP contribution in [0.2, 0.25) is 0 Å². The fraction of sp³-hybridized carbons (Fsp3) is 0.533. The van der Waals surface area contributed by atoms with Crippen LogP contribution >= 0.6 is 0 Å². The Labute approximate surface area is 131 Å². The second-order valence-electron chi connectivity index (χ2n) is 5.47. The van der Waals surface area contributed by atoms with Gasteiger partial charge in [-0.25, -0.2) is 13.1 Å². The number of benzene rings is 1. The summed E-state index contributed by atoms with van der Waals surface area (Å²) < 4.78 is 31.9. The maximum Gasteiger partial charge on any atom is 0.251 e. The molecule has 0 saturated carbocycles. The average molecular weight is 326 g/mol. The number of nitrogens with one attached hydrogen (secondary N) is 2. The Morgan fingerprint density at radius 3 is 2.68 bits per heavy atom. The molecule has 0 radical (unpaired) electrons. The number of amides is 1. The number of carbonyl (C=O) groups is 1. The molecule has 1 atom stereocenters. The van der Waals surface area contributed by atoms with E-state index >= 15 is 0 Å². The summed E-state index contributed by atoms with van der Waals surface area (Å²) in [5, 5.41) is 2.81. The number of ether oxygens (including phenoxy) is 1. The number of carbonyl (C=O) groups excluding carboxylic acids is 1. The summed E-state index contributed by atoms with van der Waals surface area (Å²) in [6, 6.07) is 3.12. The van der Waals surface area contributed by atoms with Crippen LogP contribution in [0, 0.1) is 13.8 Å². The van der Waals surface area contributed by atoms with Crippen LogP contribution in [0.4, 0.5) is 0 Å². The van der Waals surface area contributed by atoms with Gasteiger partial charge >= 0.3 is 0 Å². The van der Waals surface area contributed by atoms with Gasteiger partial charge in [0.1, 0.15) is 0 Å². The Bertz CT molecular complexity index is 664. The maximum absolute atomic E-state index is 12.3. The van der Waals surface area contributed by atoms with Crippen molar-refractivity contribution in [3.05, 3.63) is 28.8 Å². The molecule has 2 N–H and O–H groups in total. The van der Waals surface area contributed by atoms with Crippen LogP contribution in [-0.4, -0.2) is 40.6 Å².